The van der Waals surface area contributed by atoms with Crippen molar-refractivity contribution in [1.82, 2.24) is 9.21 Å². The van der Waals surface area contributed by atoms with Crippen LogP contribution in [0.5, 0.6) is 0 Å². The number of benzene rings is 1. The summed E-state index contributed by atoms with van der Waals surface area (Å²) in [7, 11) is 0.203. The molecule has 1 aromatic carbocycles. The van der Waals surface area contributed by atoms with E-state index in [1.54, 1.807) is 17.0 Å². The smallest absolute Gasteiger partial charge is 0.277 e. The largest absolute Gasteiger partial charge is 0.378 e. The number of hydrogen-bond acceptors (Lipinski definition) is 4. The van der Waals surface area contributed by atoms with Crippen molar-refractivity contribution in [2.24, 2.45) is 5.14 Å². The number of amides is 1. The third-order valence-electron chi connectivity index (χ3n) is 3.52. The second kappa shape index (κ2) is 6.00. The first kappa shape index (κ1) is 15.7. The van der Waals surface area contributed by atoms with E-state index >= 15 is 0 Å². The summed E-state index contributed by atoms with van der Waals surface area (Å²) in [5.74, 6) is -0.0885. The van der Waals surface area contributed by atoms with Crippen LogP contribution in [0.25, 0.3) is 0 Å². The van der Waals surface area contributed by atoms with Crippen LogP contribution in [0.1, 0.15) is 10.4 Å². The molecular formula is C13H20N4O3S. The molecule has 0 aromatic heterocycles. The molecule has 1 fully saturated rings. The molecule has 1 saturated heterocycles. The molecule has 2 N–H and O–H groups in total. The third-order valence-corrected chi connectivity index (χ3v) is 4.60. The number of piperazine rings is 1. The Kier molecular flexibility index (Phi) is 4.50. The van der Waals surface area contributed by atoms with Crippen LogP contribution in [-0.4, -0.2) is 63.8 Å². The van der Waals surface area contributed by atoms with Gasteiger partial charge in [0, 0.05) is 51.5 Å². The number of nitrogens with zero attached hydrogens (tertiary/aromatic N) is 3. The molecule has 1 heterocycles. The highest BCUT2D eigenvalue weighted by Crippen LogP contribution is 2.15. The standard InChI is InChI=1S/C13H20N4O3S/c1-15(2)12-5-3-11(4-6-12)13(18)16-7-9-17(10-8-16)21(14,19)20/h3-6H,7-10H2,1-2H3,(H2,14,19,20). The Morgan fingerprint density at radius 3 is 2.05 bits per heavy atom. The molecule has 21 heavy (non-hydrogen) atoms. The molecule has 0 aliphatic carbocycles. The minimum Gasteiger partial charge on any atom is -0.378 e. The second-order valence-electron chi connectivity index (χ2n) is 5.18. The normalized spacial score (nSPS) is 16.8. The lowest BCUT2D eigenvalue weighted by Gasteiger charge is -2.33. The van der Waals surface area contributed by atoms with E-state index in [2.05, 4.69) is 0 Å². The van der Waals surface area contributed by atoms with Crippen LogP contribution in [0.2, 0.25) is 0 Å². The summed E-state index contributed by atoms with van der Waals surface area (Å²) in [4.78, 5) is 16.0. The fraction of sp³-hybridized carbons (Fsp3) is 0.462. The van der Waals surface area contributed by atoms with E-state index in [9.17, 15) is 13.2 Å². The number of hydrogen-bond donors (Lipinski definition) is 1. The first-order chi connectivity index (χ1) is 9.79. The van der Waals surface area contributed by atoms with Crippen LogP contribution < -0.4 is 10.0 Å². The summed E-state index contributed by atoms with van der Waals surface area (Å²) >= 11 is 0. The van der Waals surface area contributed by atoms with Gasteiger partial charge in [-0.3, -0.25) is 4.79 Å². The van der Waals surface area contributed by atoms with Gasteiger partial charge in [0.05, 0.1) is 0 Å². The number of anilines is 1. The molecule has 0 bridgehead atoms. The SMILES string of the molecule is CN(C)c1ccc(C(=O)N2CCN(S(N)(=O)=O)CC2)cc1. The Hall–Kier alpha value is -1.64. The summed E-state index contributed by atoms with van der Waals surface area (Å²) in [6.07, 6.45) is 0. The molecular weight excluding hydrogens is 292 g/mol. The number of carbonyl (C=O) groups is 1. The number of nitrogens with two attached hydrogens (primary N) is 1. The van der Waals surface area contributed by atoms with E-state index in [0.29, 0.717) is 18.7 Å². The highest BCUT2D eigenvalue weighted by molar-refractivity contribution is 7.86. The van der Waals surface area contributed by atoms with Crippen molar-refractivity contribution in [1.29, 1.82) is 0 Å². The molecule has 2 rings (SSSR count). The highest BCUT2D eigenvalue weighted by atomic mass is 32.2. The van der Waals surface area contributed by atoms with Gasteiger partial charge in [-0.15, -0.1) is 0 Å². The van der Waals surface area contributed by atoms with Gasteiger partial charge >= 0.3 is 0 Å². The molecule has 1 amide bonds. The maximum absolute atomic E-state index is 12.4. The van der Waals surface area contributed by atoms with Gasteiger partial charge < -0.3 is 9.80 Å². The molecule has 7 nitrogen and oxygen atoms in total. The van der Waals surface area contributed by atoms with Gasteiger partial charge in [0.15, 0.2) is 0 Å². The second-order valence-corrected chi connectivity index (χ2v) is 6.72. The van der Waals surface area contributed by atoms with Crippen molar-refractivity contribution in [3.05, 3.63) is 29.8 Å². The van der Waals surface area contributed by atoms with E-state index < -0.39 is 10.2 Å². The van der Waals surface area contributed by atoms with Crippen molar-refractivity contribution in [2.75, 3.05) is 45.2 Å². The van der Waals surface area contributed by atoms with Gasteiger partial charge in [0.1, 0.15) is 0 Å². The van der Waals surface area contributed by atoms with Crippen LogP contribution in [0.3, 0.4) is 0 Å². The average Bonchev–Trinajstić information content (AvgIpc) is 2.46. The molecule has 0 radical (unpaired) electrons. The lowest BCUT2D eigenvalue weighted by molar-refractivity contribution is 0.0698. The summed E-state index contributed by atoms with van der Waals surface area (Å²) in [5, 5.41) is 5.08. The lowest BCUT2D eigenvalue weighted by atomic mass is 10.1. The summed E-state index contributed by atoms with van der Waals surface area (Å²) in [6.45, 7) is 1.18. The van der Waals surface area contributed by atoms with E-state index in [-0.39, 0.29) is 19.0 Å². The van der Waals surface area contributed by atoms with E-state index in [1.807, 2.05) is 31.1 Å². The van der Waals surface area contributed by atoms with Gasteiger partial charge in [-0.2, -0.15) is 12.7 Å². The number of carbonyl (C=O) groups excluding carboxylic acids is 1. The Bertz CT molecular complexity index is 605. The monoisotopic (exact) mass is 312 g/mol. The van der Waals surface area contributed by atoms with Gasteiger partial charge in [-0.05, 0) is 24.3 Å². The predicted octanol–water partition coefficient (Wildman–Crippen LogP) is -0.286. The molecule has 0 unspecified atom stereocenters. The van der Waals surface area contributed by atoms with Crippen molar-refractivity contribution in [3.63, 3.8) is 0 Å². The first-order valence-corrected chi connectivity index (χ1v) is 8.14. The minimum atomic E-state index is -3.66. The molecule has 8 heteroatoms. The number of rotatable bonds is 3. The maximum atomic E-state index is 12.4. The van der Waals surface area contributed by atoms with E-state index in [1.165, 1.54) is 4.31 Å². The molecule has 1 aliphatic heterocycles. The molecule has 0 atom stereocenters. The van der Waals surface area contributed by atoms with Crippen LogP contribution in [0.15, 0.2) is 24.3 Å². The van der Waals surface area contributed by atoms with Crippen molar-refractivity contribution in [3.8, 4) is 0 Å². The Balaban J connectivity index is 2.02. The predicted molar refractivity (Wildman–Crippen MR) is 81.4 cm³/mol. The molecule has 1 aromatic rings. The van der Waals surface area contributed by atoms with Gasteiger partial charge in [0.25, 0.3) is 16.1 Å². The Morgan fingerprint density at radius 1 is 1.10 bits per heavy atom. The fourth-order valence-electron chi connectivity index (χ4n) is 2.23. The third kappa shape index (κ3) is 3.72. The minimum absolute atomic E-state index is 0.0885. The Morgan fingerprint density at radius 2 is 1.62 bits per heavy atom. The fourth-order valence-corrected chi connectivity index (χ4v) is 2.90. The highest BCUT2D eigenvalue weighted by Gasteiger charge is 2.26. The van der Waals surface area contributed by atoms with E-state index in [0.717, 1.165) is 5.69 Å². The summed E-state index contributed by atoms with van der Waals surface area (Å²) in [5.41, 5.74) is 1.62. The van der Waals surface area contributed by atoms with Gasteiger partial charge in [-0.1, -0.05) is 0 Å². The van der Waals surface area contributed by atoms with Gasteiger partial charge in [-0.25, -0.2) is 5.14 Å². The molecule has 116 valence electrons. The van der Waals surface area contributed by atoms with Gasteiger partial charge in [0.2, 0.25) is 0 Å². The first-order valence-electron chi connectivity index (χ1n) is 6.63. The summed E-state index contributed by atoms with van der Waals surface area (Å²) < 4.78 is 23.6. The van der Waals surface area contributed by atoms with Crippen LogP contribution >= 0.6 is 0 Å². The van der Waals surface area contributed by atoms with Crippen LogP contribution in [0, 0.1) is 0 Å². The summed E-state index contributed by atoms with van der Waals surface area (Å²) in [6, 6.07) is 7.33. The lowest BCUT2D eigenvalue weighted by Crippen LogP contribution is -2.52. The molecule has 0 spiro atoms. The van der Waals surface area contributed by atoms with Crippen molar-refractivity contribution >= 4 is 21.8 Å². The topological polar surface area (TPSA) is 86.9 Å². The van der Waals surface area contributed by atoms with Crippen molar-refractivity contribution in [2.45, 2.75) is 0 Å². The average molecular weight is 312 g/mol. The van der Waals surface area contributed by atoms with Crippen molar-refractivity contribution < 1.29 is 13.2 Å². The van der Waals surface area contributed by atoms with Crippen LogP contribution in [-0.2, 0) is 10.2 Å². The molecule has 1 aliphatic rings. The zero-order valence-corrected chi connectivity index (χ0v) is 13.0. The zero-order chi connectivity index (χ0) is 15.6. The van der Waals surface area contributed by atoms with E-state index in [4.69, 9.17) is 5.14 Å². The molecule has 0 saturated carbocycles. The maximum Gasteiger partial charge on any atom is 0.277 e. The van der Waals surface area contributed by atoms with Crippen LogP contribution in [0.4, 0.5) is 5.69 Å². The zero-order valence-electron chi connectivity index (χ0n) is 12.2. The quantitative estimate of drug-likeness (QED) is 0.831. The Labute approximate surface area is 125 Å².